The van der Waals surface area contributed by atoms with E-state index < -0.39 is 5.91 Å². The number of rotatable bonds is 4. The number of nitrogens with zero attached hydrogens (tertiary/aromatic N) is 3. The second-order valence-electron chi connectivity index (χ2n) is 5.65. The van der Waals surface area contributed by atoms with Crippen molar-refractivity contribution in [3.05, 3.63) is 40.4 Å². The average Bonchev–Trinajstić information content (AvgIpc) is 2.86. The summed E-state index contributed by atoms with van der Waals surface area (Å²) in [5.74, 6) is -0.721. The maximum atomic E-state index is 12.2. The fourth-order valence-corrected chi connectivity index (χ4v) is 2.58. The molecule has 124 valence electrons. The fourth-order valence-electron chi connectivity index (χ4n) is 2.58. The lowest BCUT2D eigenvalue weighted by atomic mass is 10.2. The summed E-state index contributed by atoms with van der Waals surface area (Å²) in [6, 6.07) is 6.92. The van der Waals surface area contributed by atoms with Crippen molar-refractivity contribution < 1.29 is 14.4 Å². The van der Waals surface area contributed by atoms with Crippen molar-refractivity contribution in [1.29, 1.82) is 0 Å². The molecule has 1 saturated heterocycles. The molecule has 1 aliphatic heterocycles. The van der Waals surface area contributed by atoms with Gasteiger partial charge >= 0.3 is 0 Å². The number of hydrogen-bond donors (Lipinski definition) is 1. The molecule has 8 heteroatoms. The van der Waals surface area contributed by atoms with E-state index in [0.29, 0.717) is 16.7 Å². The van der Waals surface area contributed by atoms with Gasteiger partial charge in [-0.05, 0) is 12.1 Å². The van der Waals surface area contributed by atoms with Gasteiger partial charge in [0.05, 0.1) is 17.4 Å². The fraction of sp³-hybridized carbons (Fsp3) is 0.312. The zero-order valence-electron chi connectivity index (χ0n) is 13.1. The van der Waals surface area contributed by atoms with Crippen LogP contribution in [0.5, 0.6) is 0 Å². The third kappa shape index (κ3) is 3.03. The van der Waals surface area contributed by atoms with Crippen molar-refractivity contribution in [1.82, 2.24) is 19.8 Å². The van der Waals surface area contributed by atoms with Crippen LogP contribution in [0.2, 0.25) is 0 Å². The van der Waals surface area contributed by atoms with Crippen molar-refractivity contribution in [2.24, 2.45) is 0 Å². The molecule has 1 fully saturated rings. The van der Waals surface area contributed by atoms with Crippen LogP contribution in [-0.4, -0.2) is 51.1 Å². The molecular weight excluding hydrogens is 312 g/mol. The van der Waals surface area contributed by atoms with Gasteiger partial charge in [-0.15, -0.1) is 0 Å². The van der Waals surface area contributed by atoms with Crippen LogP contribution in [0.15, 0.2) is 29.1 Å². The number of para-hydroxylation sites is 1. The number of amides is 3. The number of H-pyrrole nitrogens is 1. The molecule has 0 atom stereocenters. The van der Waals surface area contributed by atoms with E-state index in [9.17, 15) is 19.2 Å². The summed E-state index contributed by atoms with van der Waals surface area (Å²) in [7, 11) is 1.53. The number of likely N-dealkylation sites (tertiary alicyclic amines) is 1. The zero-order valence-corrected chi connectivity index (χ0v) is 13.1. The van der Waals surface area contributed by atoms with Crippen LogP contribution in [-0.2, 0) is 20.9 Å². The SMILES string of the molecule is CN(Cc1nc2ccccc2c(=O)[nH]1)C(=O)CN1C(=O)CCC1=O. The topological polar surface area (TPSA) is 103 Å². The molecule has 8 nitrogen and oxygen atoms in total. The van der Waals surface area contributed by atoms with Crippen LogP contribution in [0.4, 0.5) is 0 Å². The Morgan fingerprint density at radius 3 is 2.58 bits per heavy atom. The Morgan fingerprint density at radius 1 is 1.21 bits per heavy atom. The number of hydrogen-bond acceptors (Lipinski definition) is 5. The van der Waals surface area contributed by atoms with E-state index in [1.54, 1.807) is 24.3 Å². The Kier molecular flexibility index (Phi) is 4.11. The van der Waals surface area contributed by atoms with E-state index in [-0.39, 0.29) is 43.3 Å². The van der Waals surface area contributed by atoms with Gasteiger partial charge in [0.2, 0.25) is 17.7 Å². The van der Waals surface area contributed by atoms with E-state index in [2.05, 4.69) is 9.97 Å². The van der Waals surface area contributed by atoms with Gasteiger partial charge in [0, 0.05) is 19.9 Å². The second kappa shape index (κ2) is 6.23. The summed E-state index contributed by atoms with van der Waals surface area (Å²) >= 11 is 0. The van der Waals surface area contributed by atoms with Crippen LogP contribution in [0, 0.1) is 0 Å². The summed E-state index contributed by atoms with van der Waals surface area (Å²) in [5, 5.41) is 0.475. The van der Waals surface area contributed by atoms with Crippen LogP contribution < -0.4 is 5.56 Å². The van der Waals surface area contributed by atoms with Crippen LogP contribution in [0.3, 0.4) is 0 Å². The van der Waals surface area contributed by atoms with Gasteiger partial charge in [-0.25, -0.2) is 4.98 Å². The van der Waals surface area contributed by atoms with Gasteiger partial charge in [-0.2, -0.15) is 0 Å². The number of imide groups is 1. The number of nitrogens with one attached hydrogen (secondary N) is 1. The number of likely N-dealkylation sites (N-methyl/N-ethyl adjacent to an activating group) is 1. The van der Waals surface area contributed by atoms with E-state index in [0.717, 1.165) is 4.90 Å². The monoisotopic (exact) mass is 328 g/mol. The molecule has 0 aliphatic carbocycles. The summed E-state index contributed by atoms with van der Waals surface area (Å²) in [5.41, 5.74) is 0.267. The van der Waals surface area contributed by atoms with Crippen LogP contribution in [0.25, 0.3) is 10.9 Å². The first-order valence-corrected chi connectivity index (χ1v) is 7.51. The van der Waals surface area contributed by atoms with Gasteiger partial charge in [0.1, 0.15) is 12.4 Å². The highest BCUT2D eigenvalue weighted by molar-refractivity contribution is 6.04. The quantitative estimate of drug-likeness (QED) is 0.798. The predicted molar refractivity (Wildman–Crippen MR) is 84.8 cm³/mol. The Hall–Kier alpha value is -3.03. The molecule has 1 N–H and O–H groups in total. The first-order chi connectivity index (χ1) is 11.5. The number of carbonyl (C=O) groups excluding carboxylic acids is 3. The molecule has 3 rings (SSSR count). The summed E-state index contributed by atoms with van der Waals surface area (Å²) in [6.45, 7) is -0.207. The number of aromatic nitrogens is 2. The minimum atomic E-state index is -0.394. The van der Waals surface area contributed by atoms with Gasteiger partial charge in [0.15, 0.2) is 0 Å². The van der Waals surface area contributed by atoms with Gasteiger partial charge in [0.25, 0.3) is 5.56 Å². The normalized spacial score (nSPS) is 14.5. The molecule has 1 aromatic heterocycles. The third-order valence-corrected chi connectivity index (χ3v) is 3.92. The summed E-state index contributed by atoms with van der Waals surface area (Å²) in [4.78, 5) is 56.6. The van der Waals surface area contributed by atoms with Gasteiger partial charge in [-0.1, -0.05) is 12.1 Å². The van der Waals surface area contributed by atoms with Gasteiger partial charge in [-0.3, -0.25) is 24.1 Å². The molecule has 0 saturated carbocycles. The Bertz CT molecular complexity index is 873. The van der Waals surface area contributed by atoms with E-state index in [1.165, 1.54) is 11.9 Å². The highest BCUT2D eigenvalue weighted by Crippen LogP contribution is 2.12. The molecule has 1 aromatic carbocycles. The molecule has 1 aliphatic rings. The van der Waals surface area contributed by atoms with Crippen LogP contribution >= 0.6 is 0 Å². The lowest BCUT2D eigenvalue weighted by Gasteiger charge is -2.20. The van der Waals surface area contributed by atoms with E-state index in [1.807, 2.05) is 0 Å². The Labute approximate surface area is 137 Å². The highest BCUT2D eigenvalue weighted by Gasteiger charge is 2.31. The molecule has 3 amide bonds. The van der Waals surface area contributed by atoms with Gasteiger partial charge < -0.3 is 9.88 Å². The number of carbonyl (C=O) groups is 3. The van der Waals surface area contributed by atoms with Crippen LogP contribution in [0.1, 0.15) is 18.7 Å². The molecule has 0 bridgehead atoms. The Balaban J connectivity index is 1.73. The largest absolute Gasteiger partial charge is 0.337 e. The molecule has 0 unspecified atom stereocenters. The first kappa shape index (κ1) is 15.9. The third-order valence-electron chi connectivity index (χ3n) is 3.92. The van der Waals surface area contributed by atoms with E-state index >= 15 is 0 Å². The maximum absolute atomic E-state index is 12.2. The number of aromatic amines is 1. The minimum absolute atomic E-state index is 0.0785. The van der Waals surface area contributed by atoms with Crippen molar-refractivity contribution in [2.75, 3.05) is 13.6 Å². The second-order valence-corrected chi connectivity index (χ2v) is 5.65. The smallest absolute Gasteiger partial charge is 0.258 e. The average molecular weight is 328 g/mol. The van der Waals surface area contributed by atoms with Crippen molar-refractivity contribution in [3.8, 4) is 0 Å². The standard InChI is InChI=1S/C16H16N4O4/c1-19(15(23)9-20-13(21)6-7-14(20)22)8-12-17-11-5-3-2-4-10(11)16(24)18-12/h2-5H,6-9H2,1H3,(H,17,18,24). The van der Waals surface area contributed by atoms with Crippen molar-refractivity contribution >= 4 is 28.6 Å². The number of benzene rings is 1. The van der Waals surface area contributed by atoms with Crippen molar-refractivity contribution in [2.45, 2.75) is 19.4 Å². The minimum Gasteiger partial charge on any atom is -0.337 e. The lowest BCUT2D eigenvalue weighted by Crippen LogP contribution is -2.41. The lowest BCUT2D eigenvalue weighted by molar-refractivity contribution is -0.145. The molecule has 24 heavy (non-hydrogen) atoms. The Morgan fingerprint density at radius 2 is 1.88 bits per heavy atom. The molecular formula is C16H16N4O4. The van der Waals surface area contributed by atoms with Crippen molar-refractivity contribution in [3.63, 3.8) is 0 Å². The molecule has 0 spiro atoms. The predicted octanol–water partition coefficient (Wildman–Crippen LogP) is 0.0305. The molecule has 0 radical (unpaired) electrons. The molecule has 2 heterocycles. The summed E-state index contributed by atoms with van der Waals surface area (Å²) in [6.07, 6.45) is 0.296. The maximum Gasteiger partial charge on any atom is 0.258 e. The summed E-state index contributed by atoms with van der Waals surface area (Å²) < 4.78 is 0. The zero-order chi connectivity index (χ0) is 17.3. The highest BCUT2D eigenvalue weighted by atomic mass is 16.2. The number of fused-ring (bicyclic) bond motifs is 1. The first-order valence-electron chi connectivity index (χ1n) is 7.51. The molecule has 2 aromatic rings. The van der Waals surface area contributed by atoms with E-state index in [4.69, 9.17) is 0 Å².